The number of amides is 1. The van der Waals surface area contributed by atoms with Crippen molar-refractivity contribution in [3.05, 3.63) is 29.8 Å². The maximum Gasteiger partial charge on any atom is 0.234 e. The lowest BCUT2D eigenvalue weighted by atomic mass is 9.90. The number of nitriles is 1. The summed E-state index contributed by atoms with van der Waals surface area (Å²) < 4.78 is 0.700. The summed E-state index contributed by atoms with van der Waals surface area (Å²) >= 11 is 2.73. The Bertz CT molecular complexity index is 814. The first-order valence-corrected chi connectivity index (χ1v) is 10.00. The van der Waals surface area contributed by atoms with Crippen molar-refractivity contribution in [1.82, 2.24) is 15.5 Å². The number of anilines is 2. The molecule has 1 amide bonds. The fraction of sp³-hybridized carbons (Fsp3) is 0.444. The molecule has 0 unspecified atom stereocenters. The number of nitrogens with zero attached hydrogens (tertiary/aromatic N) is 3. The lowest BCUT2D eigenvalue weighted by Crippen LogP contribution is -2.51. The lowest BCUT2D eigenvalue weighted by molar-refractivity contribution is -0.121. The Morgan fingerprint density at radius 2 is 2.08 bits per heavy atom. The van der Waals surface area contributed by atoms with Crippen LogP contribution in [0.25, 0.3) is 0 Å². The molecule has 26 heavy (non-hydrogen) atoms. The van der Waals surface area contributed by atoms with Crippen molar-refractivity contribution >= 4 is 39.8 Å². The van der Waals surface area contributed by atoms with E-state index >= 15 is 0 Å². The maximum atomic E-state index is 12.4. The van der Waals surface area contributed by atoms with Crippen LogP contribution in [0.3, 0.4) is 0 Å². The predicted octanol–water partition coefficient (Wildman–Crippen LogP) is 4.13. The van der Waals surface area contributed by atoms with Crippen molar-refractivity contribution in [1.29, 1.82) is 5.26 Å². The van der Waals surface area contributed by atoms with Crippen molar-refractivity contribution in [3.8, 4) is 6.07 Å². The molecule has 0 aliphatic rings. The molecule has 0 radical (unpaired) electrons. The number of aryl methyl sites for hydroxylation is 1. The van der Waals surface area contributed by atoms with Gasteiger partial charge in [-0.1, -0.05) is 49.1 Å². The molecule has 2 rings (SSSR count). The molecule has 1 heterocycles. The zero-order chi connectivity index (χ0) is 19.3. The Kier molecular flexibility index (Phi) is 6.62. The Hall–Kier alpha value is -2.11. The second-order valence-electron chi connectivity index (χ2n) is 6.59. The van der Waals surface area contributed by atoms with Gasteiger partial charge in [0, 0.05) is 5.69 Å². The number of aromatic nitrogens is 2. The molecule has 0 aliphatic carbocycles. The van der Waals surface area contributed by atoms with E-state index in [4.69, 9.17) is 0 Å². The molecule has 8 heteroatoms. The van der Waals surface area contributed by atoms with E-state index in [1.54, 1.807) is 13.8 Å². The van der Waals surface area contributed by atoms with E-state index in [0.717, 1.165) is 11.3 Å². The van der Waals surface area contributed by atoms with Gasteiger partial charge in [0.25, 0.3) is 0 Å². The maximum absolute atomic E-state index is 12.4. The van der Waals surface area contributed by atoms with Crippen molar-refractivity contribution in [2.75, 3.05) is 5.32 Å². The first-order chi connectivity index (χ1) is 12.2. The molecule has 0 aliphatic heterocycles. The van der Waals surface area contributed by atoms with Crippen LogP contribution in [0.1, 0.15) is 33.3 Å². The minimum absolute atomic E-state index is 0.0142. The summed E-state index contributed by atoms with van der Waals surface area (Å²) in [7, 11) is 0. The van der Waals surface area contributed by atoms with E-state index in [0.29, 0.717) is 9.47 Å². The quantitative estimate of drug-likeness (QED) is 0.692. The van der Waals surface area contributed by atoms with Gasteiger partial charge >= 0.3 is 0 Å². The van der Waals surface area contributed by atoms with E-state index in [1.807, 2.05) is 45.0 Å². The summed E-state index contributed by atoms with van der Waals surface area (Å²) in [6, 6.07) is 10.2. The smallest absolute Gasteiger partial charge is 0.234 e. The topological polar surface area (TPSA) is 90.7 Å². The number of benzene rings is 1. The molecule has 2 aromatic rings. The number of carbonyl (C=O) groups is 1. The van der Waals surface area contributed by atoms with E-state index in [1.165, 1.54) is 23.1 Å². The third-order valence-corrected chi connectivity index (χ3v) is 6.12. The Balaban J connectivity index is 1.97. The van der Waals surface area contributed by atoms with Gasteiger partial charge in [-0.3, -0.25) is 4.79 Å². The van der Waals surface area contributed by atoms with Crippen molar-refractivity contribution in [2.45, 2.75) is 49.7 Å². The van der Waals surface area contributed by atoms with Gasteiger partial charge in [0.1, 0.15) is 5.54 Å². The van der Waals surface area contributed by atoms with Crippen molar-refractivity contribution in [2.24, 2.45) is 5.92 Å². The molecule has 0 spiro atoms. The number of thioether (sulfide) groups is 1. The monoisotopic (exact) mass is 389 g/mol. The Labute approximate surface area is 162 Å². The van der Waals surface area contributed by atoms with Crippen LogP contribution in [-0.4, -0.2) is 26.9 Å². The third kappa shape index (κ3) is 5.19. The highest BCUT2D eigenvalue weighted by Crippen LogP contribution is 2.31. The molecular formula is C18H23N5OS2. The lowest BCUT2D eigenvalue weighted by Gasteiger charge is -2.28. The second-order valence-corrected chi connectivity index (χ2v) is 9.15. The summed E-state index contributed by atoms with van der Waals surface area (Å²) in [6.07, 6.45) is 0. The molecule has 1 aromatic carbocycles. The Morgan fingerprint density at radius 1 is 1.35 bits per heavy atom. The molecule has 0 fully saturated rings. The highest BCUT2D eigenvalue weighted by atomic mass is 32.2. The van der Waals surface area contributed by atoms with Gasteiger partial charge < -0.3 is 10.6 Å². The molecule has 138 valence electrons. The highest BCUT2D eigenvalue weighted by Gasteiger charge is 2.32. The van der Waals surface area contributed by atoms with Gasteiger partial charge in [-0.15, -0.1) is 10.2 Å². The van der Waals surface area contributed by atoms with Gasteiger partial charge in [-0.05, 0) is 44.4 Å². The largest absolute Gasteiger partial charge is 0.337 e. The third-order valence-electron chi connectivity index (χ3n) is 4.09. The van der Waals surface area contributed by atoms with Crippen molar-refractivity contribution in [3.63, 3.8) is 0 Å². The zero-order valence-corrected chi connectivity index (χ0v) is 17.2. The molecular weight excluding hydrogens is 366 g/mol. The van der Waals surface area contributed by atoms with Crippen LogP contribution in [0.15, 0.2) is 28.6 Å². The standard InChI is InChI=1S/C18H23N5OS2/c1-11(2)18(5,10-19)21-15(24)13(4)25-17-23-22-16(26-17)20-14-8-6-7-12(3)9-14/h6-9,11,13H,1-5H3,(H,20,22)(H,21,24)/t13-,18+/m0/s1. The van der Waals surface area contributed by atoms with Gasteiger partial charge in [0.15, 0.2) is 4.34 Å². The highest BCUT2D eigenvalue weighted by molar-refractivity contribution is 8.02. The molecule has 2 atom stereocenters. The first-order valence-electron chi connectivity index (χ1n) is 8.30. The van der Waals surface area contributed by atoms with Crippen LogP contribution in [0.2, 0.25) is 0 Å². The van der Waals surface area contributed by atoms with Crippen LogP contribution in [0.5, 0.6) is 0 Å². The van der Waals surface area contributed by atoms with Crippen LogP contribution in [0, 0.1) is 24.2 Å². The van der Waals surface area contributed by atoms with Gasteiger partial charge in [-0.2, -0.15) is 5.26 Å². The summed E-state index contributed by atoms with van der Waals surface area (Å²) in [5.41, 5.74) is 1.22. The molecule has 0 bridgehead atoms. The average Bonchev–Trinajstić information content (AvgIpc) is 3.01. The zero-order valence-electron chi connectivity index (χ0n) is 15.5. The van der Waals surface area contributed by atoms with E-state index in [9.17, 15) is 10.1 Å². The van der Waals surface area contributed by atoms with Crippen LogP contribution >= 0.6 is 23.1 Å². The van der Waals surface area contributed by atoms with Crippen molar-refractivity contribution < 1.29 is 4.79 Å². The van der Waals surface area contributed by atoms with Gasteiger partial charge in [0.05, 0.1) is 11.3 Å². The molecule has 0 saturated carbocycles. The number of carbonyl (C=O) groups excluding carboxylic acids is 1. The number of rotatable bonds is 7. The first kappa shape index (κ1) is 20.2. The van der Waals surface area contributed by atoms with E-state index in [-0.39, 0.29) is 17.1 Å². The average molecular weight is 390 g/mol. The summed E-state index contributed by atoms with van der Waals surface area (Å²) in [6.45, 7) is 9.39. The van der Waals surface area contributed by atoms with Gasteiger partial charge in [0.2, 0.25) is 11.0 Å². The van der Waals surface area contributed by atoms with Crippen LogP contribution in [-0.2, 0) is 4.79 Å². The molecule has 2 N–H and O–H groups in total. The number of hydrogen-bond donors (Lipinski definition) is 2. The van der Waals surface area contributed by atoms with Gasteiger partial charge in [-0.25, -0.2) is 0 Å². The summed E-state index contributed by atoms with van der Waals surface area (Å²) in [4.78, 5) is 12.4. The Morgan fingerprint density at radius 3 is 2.69 bits per heavy atom. The van der Waals surface area contributed by atoms with Crippen LogP contribution < -0.4 is 10.6 Å². The predicted molar refractivity (Wildman–Crippen MR) is 107 cm³/mol. The summed E-state index contributed by atoms with van der Waals surface area (Å²) in [5, 5.41) is 24.0. The summed E-state index contributed by atoms with van der Waals surface area (Å²) in [5.74, 6) is -0.170. The number of nitrogens with one attached hydrogen (secondary N) is 2. The number of hydrogen-bond acceptors (Lipinski definition) is 7. The molecule has 0 saturated heterocycles. The minimum Gasteiger partial charge on any atom is -0.337 e. The molecule has 1 aromatic heterocycles. The van der Waals surface area contributed by atoms with E-state index in [2.05, 4.69) is 26.9 Å². The minimum atomic E-state index is -0.884. The SMILES string of the molecule is Cc1cccc(Nc2nnc(S[C@@H](C)C(=O)N[C@](C)(C#N)C(C)C)s2)c1. The van der Waals surface area contributed by atoms with E-state index < -0.39 is 5.54 Å². The second kappa shape index (κ2) is 8.52. The fourth-order valence-corrected chi connectivity index (χ4v) is 3.93. The fourth-order valence-electron chi connectivity index (χ4n) is 2.02. The van der Waals surface area contributed by atoms with Crippen LogP contribution in [0.4, 0.5) is 10.8 Å². The molecule has 6 nitrogen and oxygen atoms in total. The normalized spacial score (nSPS) is 14.3.